The second kappa shape index (κ2) is 21.9. The monoisotopic (exact) mass is 551 g/mol. The molecular weight excluding hydrogens is 501 g/mol. The molecule has 9 heteroatoms. The van der Waals surface area contributed by atoms with Gasteiger partial charge in [0.1, 0.15) is 5.75 Å². The van der Waals surface area contributed by atoms with E-state index in [1.807, 2.05) is 18.2 Å². The van der Waals surface area contributed by atoms with E-state index >= 15 is 0 Å². The summed E-state index contributed by atoms with van der Waals surface area (Å²) >= 11 is 0. The first-order chi connectivity index (χ1) is 16.3. The number of unbranched alkanes of at least 4 members (excludes halogenated alkanes) is 2. The Kier molecular flexibility index (Phi) is 22.6. The van der Waals surface area contributed by atoms with Gasteiger partial charge in [0.05, 0.1) is 18.3 Å². The molecule has 0 aliphatic carbocycles. The predicted molar refractivity (Wildman–Crippen MR) is 154 cm³/mol. The largest absolute Gasteiger partial charge is 0.493 e. The van der Waals surface area contributed by atoms with Crippen molar-refractivity contribution >= 4 is 30.7 Å². The molecule has 1 aromatic carbocycles. The number of methoxy groups -OCH3 is 1. The van der Waals surface area contributed by atoms with Gasteiger partial charge < -0.3 is 30.9 Å². The van der Waals surface area contributed by atoms with Gasteiger partial charge in [-0.25, -0.2) is 0 Å². The number of rotatable bonds is 19. The van der Waals surface area contributed by atoms with E-state index < -0.39 is 6.10 Å². The highest BCUT2D eigenvalue weighted by Crippen LogP contribution is 2.20. The van der Waals surface area contributed by atoms with Crippen LogP contribution in [-0.4, -0.2) is 62.6 Å². The Bertz CT molecular complexity index is 682. The third-order valence-electron chi connectivity index (χ3n) is 6.33. The Morgan fingerprint density at radius 1 is 1.06 bits per heavy atom. The zero-order chi connectivity index (χ0) is 25.3. The maximum atomic E-state index is 12.9. The number of hydrogen-bond acceptors (Lipinski definition) is 6. The van der Waals surface area contributed by atoms with Crippen LogP contribution in [0, 0.1) is 11.8 Å². The summed E-state index contributed by atoms with van der Waals surface area (Å²) in [5.41, 5.74) is 6.88. The van der Waals surface area contributed by atoms with Crippen molar-refractivity contribution in [1.82, 2.24) is 10.6 Å². The summed E-state index contributed by atoms with van der Waals surface area (Å²) in [6, 6.07) is 7.34. The van der Waals surface area contributed by atoms with Crippen molar-refractivity contribution in [3.05, 3.63) is 29.8 Å². The first-order valence-corrected chi connectivity index (χ1v) is 13.0. The molecule has 0 aromatic heterocycles. The second-order valence-electron chi connectivity index (χ2n) is 9.68. The zero-order valence-corrected chi connectivity index (χ0v) is 24.5. The molecule has 0 spiro atoms. The molecule has 0 saturated carbocycles. The Morgan fingerprint density at radius 3 is 2.36 bits per heavy atom. The van der Waals surface area contributed by atoms with E-state index in [0.717, 1.165) is 19.3 Å². The van der Waals surface area contributed by atoms with Crippen LogP contribution in [0.5, 0.6) is 5.75 Å². The summed E-state index contributed by atoms with van der Waals surface area (Å²) in [4.78, 5) is 12.9. The molecule has 4 atom stereocenters. The molecule has 212 valence electrons. The lowest BCUT2D eigenvalue weighted by Gasteiger charge is -2.28. The summed E-state index contributed by atoms with van der Waals surface area (Å²) in [5.74, 6) is 0.920. The van der Waals surface area contributed by atoms with Crippen LogP contribution in [0.25, 0.3) is 0 Å². The topological polar surface area (TPSA) is 106 Å². The normalized spacial score (nSPS) is 14.2. The highest BCUT2D eigenvalue weighted by molar-refractivity contribution is 5.96. The van der Waals surface area contributed by atoms with Gasteiger partial charge in [-0.3, -0.25) is 4.79 Å². The zero-order valence-electron chi connectivity index (χ0n) is 22.8. The highest BCUT2D eigenvalue weighted by Gasteiger charge is 2.23. The maximum absolute atomic E-state index is 12.9. The Morgan fingerprint density at radius 2 is 1.72 bits per heavy atom. The van der Waals surface area contributed by atoms with Gasteiger partial charge in [-0.2, -0.15) is 0 Å². The molecule has 1 amide bonds. The second-order valence-corrected chi connectivity index (χ2v) is 9.68. The van der Waals surface area contributed by atoms with Crippen molar-refractivity contribution in [2.75, 3.05) is 33.4 Å². The van der Waals surface area contributed by atoms with E-state index in [2.05, 4.69) is 38.3 Å². The van der Waals surface area contributed by atoms with Crippen molar-refractivity contribution in [1.29, 1.82) is 0 Å². The van der Waals surface area contributed by atoms with Gasteiger partial charge in [-0.05, 0) is 56.6 Å². The van der Waals surface area contributed by atoms with Crippen LogP contribution in [0.3, 0.4) is 0 Å². The number of carbonyl (C=O) groups excluding carboxylic acids is 1. The fourth-order valence-corrected chi connectivity index (χ4v) is 3.81. The average Bonchev–Trinajstić information content (AvgIpc) is 2.83. The summed E-state index contributed by atoms with van der Waals surface area (Å²) in [6.07, 6.45) is 5.24. The van der Waals surface area contributed by atoms with E-state index in [4.69, 9.17) is 15.2 Å². The van der Waals surface area contributed by atoms with Crippen molar-refractivity contribution in [3.8, 4) is 5.75 Å². The first-order valence-electron chi connectivity index (χ1n) is 13.0. The number of ether oxygens (including phenoxy) is 2. The SMILES string of the molecule is CCCCC(C)NCC(O)C(N)CC(CNC(=O)c1ccccc1OCCCCOC)C(C)C.Cl.Cl. The smallest absolute Gasteiger partial charge is 0.255 e. The third kappa shape index (κ3) is 15.2. The molecule has 0 saturated heterocycles. The van der Waals surface area contributed by atoms with E-state index in [0.29, 0.717) is 56.0 Å². The molecule has 5 N–H and O–H groups in total. The number of benzene rings is 1. The maximum Gasteiger partial charge on any atom is 0.255 e. The van der Waals surface area contributed by atoms with Crippen LogP contribution < -0.4 is 21.1 Å². The van der Waals surface area contributed by atoms with Crippen LogP contribution in [0.15, 0.2) is 24.3 Å². The van der Waals surface area contributed by atoms with E-state index in [9.17, 15) is 9.90 Å². The lowest BCUT2D eigenvalue weighted by atomic mass is 9.87. The lowest BCUT2D eigenvalue weighted by Crippen LogP contribution is -2.46. The molecule has 1 rings (SSSR count). The molecule has 36 heavy (non-hydrogen) atoms. The standard InChI is InChI=1S/C27H49N3O4.2ClH/c1-6-7-12-21(4)29-19-25(31)24(28)17-22(20(2)3)18-30-27(32)23-13-8-9-14-26(23)34-16-11-10-15-33-5;;/h8-9,13-14,20-22,24-25,29,31H,6-7,10-12,15-19,28H2,1-5H3,(H,30,32);2*1H. The Hall–Kier alpha value is -1.09. The number of amides is 1. The van der Waals surface area contributed by atoms with E-state index in [1.54, 1.807) is 13.2 Å². The molecule has 0 heterocycles. The minimum Gasteiger partial charge on any atom is -0.493 e. The summed E-state index contributed by atoms with van der Waals surface area (Å²) in [6.45, 7) is 10.8. The van der Waals surface area contributed by atoms with Crippen LogP contribution in [0.4, 0.5) is 0 Å². The van der Waals surface area contributed by atoms with Crippen LogP contribution in [-0.2, 0) is 4.74 Å². The van der Waals surface area contributed by atoms with E-state index in [1.165, 1.54) is 12.8 Å². The number of nitrogens with one attached hydrogen (secondary N) is 2. The summed E-state index contributed by atoms with van der Waals surface area (Å²) < 4.78 is 10.9. The van der Waals surface area contributed by atoms with Crippen LogP contribution in [0.1, 0.15) is 76.6 Å². The molecule has 0 bridgehead atoms. The van der Waals surface area contributed by atoms with Gasteiger partial charge >= 0.3 is 0 Å². The molecular formula is C27H51Cl2N3O4. The fraction of sp³-hybridized carbons (Fsp3) is 0.741. The Balaban J connectivity index is 0. The number of nitrogens with two attached hydrogens (primary N) is 1. The summed E-state index contributed by atoms with van der Waals surface area (Å²) in [5, 5.41) is 17.0. The number of aliphatic hydroxyl groups excluding tert-OH is 1. The van der Waals surface area contributed by atoms with Gasteiger partial charge in [-0.15, -0.1) is 24.8 Å². The van der Waals surface area contributed by atoms with Crippen molar-refractivity contribution < 1.29 is 19.4 Å². The number of halogens is 2. The van der Waals surface area contributed by atoms with Crippen molar-refractivity contribution in [2.24, 2.45) is 17.6 Å². The van der Waals surface area contributed by atoms with Crippen LogP contribution >= 0.6 is 24.8 Å². The minimum absolute atomic E-state index is 0. The Labute approximate surface area is 231 Å². The number of hydrogen-bond donors (Lipinski definition) is 4. The molecule has 0 aliphatic rings. The third-order valence-corrected chi connectivity index (χ3v) is 6.33. The minimum atomic E-state index is -0.617. The van der Waals surface area contributed by atoms with Gasteiger partial charge in [0.25, 0.3) is 5.91 Å². The summed E-state index contributed by atoms with van der Waals surface area (Å²) in [7, 11) is 1.69. The van der Waals surface area contributed by atoms with Gasteiger partial charge in [-0.1, -0.05) is 45.7 Å². The van der Waals surface area contributed by atoms with Crippen molar-refractivity contribution in [3.63, 3.8) is 0 Å². The lowest BCUT2D eigenvalue weighted by molar-refractivity contribution is 0.0926. The average molecular weight is 553 g/mol. The molecule has 0 radical (unpaired) electrons. The van der Waals surface area contributed by atoms with Crippen molar-refractivity contribution in [2.45, 2.75) is 84.4 Å². The molecule has 4 unspecified atom stereocenters. The predicted octanol–water partition coefficient (Wildman–Crippen LogP) is 4.58. The molecule has 0 fully saturated rings. The van der Waals surface area contributed by atoms with E-state index in [-0.39, 0.29) is 42.7 Å². The quantitative estimate of drug-likeness (QED) is 0.187. The number of para-hydroxylation sites is 1. The number of carbonyl (C=O) groups is 1. The van der Waals surface area contributed by atoms with Gasteiger partial charge in [0, 0.05) is 38.9 Å². The molecule has 7 nitrogen and oxygen atoms in total. The highest BCUT2D eigenvalue weighted by atomic mass is 35.5. The van der Waals surface area contributed by atoms with Crippen LogP contribution in [0.2, 0.25) is 0 Å². The number of aliphatic hydroxyl groups is 1. The molecule has 0 aliphatic heterocycles. The van der Waals surface area contributed by atoms with Gasteiger partial charge in [0.15, 0.2) is 0 Å². The van der Waals surface area contributed by atoms with Gasteiger partial charge in [0.2, 0.25) is 0 Å². The fourth-order valence-electron chi connectivity index (χ4n) is 3.81. The molecule has 1 aromatic rings. The first kappa shape index (κ1) is 37.1.